The summed E-state index contributed by atoms with van der Waals surface area (Å²) in [6.07, 6.45) is 0. The molecule has 1 aliphatic rings. The number of hydrogen-bond acceptors (Lipinski definition) is 2. The maximum atomic E-state index is 14.1. The minimum atomic E-state index is -0.401. The van der Waals surface area contributed by atoms with Gasteiger partial charge < -0.3 is 5.73 Å². The van der Waals surface area contributed by atoms with Crippen molar-refractivity contribution in [3.05, 3.63) is 71.3 Å². The van der Waals surface area contributed by atoms with E-state index in [9.17, 15) is 8.78 Å². The molecule has 0 spiro atoms. The van der Waals surface area contributed by atoms with Gasteiger partial charge in [0.25, 0.3) is 0 Å². The lowest BCUT2D eigenvalue weighted by Crippen LogP contribution is -2.26. The van der Waals surface area contributed by atoms with Crippen LogP contribution in [0.5, 0.6) is 0 Å². The summed E-state index contributed by atoms with van der Waals surface area (Å²) in [6, 6.07) is 13.8. The van der Waals surface area contributed by atoms with Gasteiger partial charge in [0.2, 0.25) is 0 Å². The first-order chi connectivity index (χ1) is 11.1. The molecule has 23 heavy (non-hydrogen) atoms. The Hall–Kier alpha value is -1.78. The molecule has 0 bridgehead atoms. The summed E-state index contributed by atoms with van der Waals surface area (Å²) in [5.41, 5.74) is 7.63. The Morgan fingerprint density at radius 1 is 1.13 bits per heavy atom. The summed E-state index contributed by atoms with van der Waals surface area (Å²) in [7, 11) is 0. The lowest BCUT2D eigenvalue weighted by atomic mass is 9.89. The number of hydrogen-bond donors (Lipinski definition) is 1. The molecule has 3 rings (SSSR count). The molecular weight excluding hydrogens is 294 g/mol. The second-order valence-electron chi connectivity index (χ2n) is 6.31. The van der Waals surface area contributed by atoms with Gasteiger partial charge in [-0.2, -0.15) is 0 Å². The first-order valence-electron chi connectivity index (χ1n) is 8.04. The maximum Gasteiger partial charge on any atom is 0.128 e. The Kier molecular flexibility index (Phi) is 4.74. The molecule has 2 aromatic carbocycles. The second-order valence-corrected chi connectivity index (χ2v) is 6.31. The molecule has 122 valence electrons. The van der Waals surface area contributed by atoms with Crippen molar-refractivity contribution in [1.29, 1.82) is 0 Å². The van der Waals surface area contributed by atoms with Crippen LogP contribution in [0, 0.1) is 17.6 Å². The number of nitrogens with two attached hydrogens (primary N) is 1. The first kappa shape index (κ1) is 16.1. The van der Waals surface area contributed by atoms with Crippen molar-refractivity contribution in [3.8, 4) is 0 Å². The molecule has 0 amide bonds. The van der Waals surface area contributed by atoms with Gasteiger partial charge in [-0.25, -0.2) is 8.78 Å². The fourth-order valence-electron chi connectivity index (χ4n) is 3.57. The number of benzene rings is 2. The smallest absolute Gasteiger partial charge is 0.128 e. The molecule has 3 atom stereocenters. The SMILES string of the molecule is CC(c1cc(F)ccc1F)N1C[C@@H](CN)[C@H](c2ccccc2)C1. The Morgan fingerprint density at radius 3 is 2.57 bits per heavy atom. The van der Waals surface area contributed by atoms with Crippen molar-refractivity contribution in [3.63, 3.8) is 0 Å². The van der Waals surface area contributed by atoms with Crippen LogP contribution in [0.4, 0.5) is 8.78 Å². The number of halogens is 2. The summed E-state index contributed by atoms with van der Waals surface area (Å²) in [4.78, 5) is 2.20. The van der Waals surface area contributed by atoms with Gasteiger partial charge in [0.1, 0.15) is 11.6 Å². The minimum Gasteiger partial charge on any atom is -0.330 e. The molecule has 0 saturated carbocycles. The molecule has 1 aliphatic heterocycles. The van der Waals surface area contributed by atoms with Gasteiger partial charge in [0.05, 0.1) is 0 Å². The van der Waals surface area contributed by atoms with Crippen molar-refractivity contribution >= 4 is 0 Å². The Morgan fingerprint density at radius 2 is 1.87 bits per heavy atom. The van der Waals surface area contributed by atoms with Crippen LogP contribution in [0.2, 0.25) is 0 Å². The molecular formula is C19H22F2N2. The van der Waals surface area contributed by atoms with Gasteiger partial charge >= 0.3 is 0 Å². The normalized spacial score (nSPS) is 23.1. The number of nitrogens with zero attached hydrogens (tertiary/aromatic N) is 1. The Balaban J connectivity index is 1.83. The van der Waals surface area contributed by atoms with Gasteiger partial charge in [-0.05, 0) is 43.1 Å². The highest BCUT2D eigenvalue weighted by Crippen LogP contribution is 2.37. The summed E-state index contributed by atoms with van der Waals surface area (Å²) >= 11 is 0. The van der Waals surface area contributed by atoms with E-state index in [4.69, 9.17) is 5.73 Å². The van der Waals surface area contributed by atoms with Crippen LogP contribution in [0.15, 0.2) is 48.5 Å². The van der Waals surface area contributed by atoms with Crippen LogP contribution in [-0.2, 0) is 0 Å². The van der Waals surface area contributed by atoms with E-state index in [1.54, 1.807) is 0 Å². The average Bonchev–Trinajstić information content (AvgIpc) is 3.01. The maximum absolute atomic E-state index is 14.1. The van der Waals surface area contributed by atoms with Crippen LogP contribution in [0.1, 0.15) is 30.0 Å². The average molecular weight is 316 g/mol. The molecule has 2 aromatic rings. The van der Waals surface area contributed by atoms with E-state index < -0.39 is 5.82 Å². The van der Waals surface area contributed by atoms with Crippen molar-refractivity contribution in [2.75, 3.05) is 19.6 Å². The van der Waals surface area contributed by atoms with E-state index in [-0.39, 0.29) is 11.9 Å². The third-order valence-electron chi connectivity index (χ3n) is 4.96. The number of rotatable bonds is 4. The predicted octanol–water partition coefficient (Wildman–Crippen LogP) is 3.70. The fourth-order valence-corrected chi connectivity index (χ4v) is 3.57. The van der Waals surface area contributed by atoms with Crippen LogP contribution >= 0.6 is 0 Å². The molecule has 2 nitrogen and oxygen atoms in total. The topological polar surface area (TPSA) is 29.3 Å². The fraction of sp³-hybridized carbons (Fsp3) is 0.368. The molecule has 0 aromatic heterocycles. The van der Waals surface area contributed by atoms with Gasteiger partial charge in [0, 0.05) is 30.6 Å². The number of likely N-dealkylation sites (tertiary alicyclic amines) is 1. The van der Waals surface area contributed by atoms with E-state index in [0.29, 0.717) is 23.9 Å². The molecule has 0 aliphatic carbocycles. The molecule has 4 heteroatoms. The van der Waals surface area contributed by atoms with Crippen LogP contribution in [0.25, 0.3) is 0 Å². The zero-order valence-electron chi connectivity index (χ0n) is 13.3. The minimum absolute atomic E-state index is 0.173. The molecule has 1 unspecified atom stereocenters. The standard InChI is InChI=1S/C19H22F2N2/c1-13(17-9-16(20)7-8-19(17)21)23-11-15(10-22)18(12-23)14-5-3-2-4-6-14/h2-9,13,15,18H,10-12,22H2,1H3/t13?,15-,18+/m1/s1. The molecule has 1 heterocycles. The van der Waals surface area contributed by atoms with E-state index in [0.717, 1.165) is 19.2 Å². The van der Waals surface area contributed by atoms with Gasteiger partial charge in [0.15, 0.2) is 0 Å². The highest BCUT2D eigenvalue weighted by atomic mass is 19.1. The quantitative estimate of drug-likeness (QED) is 0.932. The lowest BCUT2D eigenvalue weighted by molar-refractivity contribution is 0.246. The van der Waals surface area contributed by atoms with Gasteiger partial charge in [-0.1, -0.05) is 30.3 Å². The van der Waals surface area contributed by atoms with Crippen LogP contribution in [0.3, 0.4) is 0 Å². The molecule has 0 radical (unpaired) electrons. The Bertz CT molecular complexity index is 660. The first-order valence-corrected chi connectivity index (χ1v) is 8.04. The second kappa shape index (κ2) is 6.77. The summed E-state index contributed by atoms with van der Waals surface area (Å²) in [5, 5.41) is 0. The van der Waals surface area contributed by atoms with Crippen LogP contribution < -0.4 is 5.73 Å². The highest BCUT2D eigenvalue weighted by molar-refractivity contribution is 5.25. The molecule has 1 saturated heterocycles. The van der Waals surface area contributed by atoms with Crippen molar-refractivity contribution < 1.29 is 8.78 Å². The summed E-state index contributed by atoms with van der Waals surface area (Å²) in [6.45, 7) is 4.13. The van der Waals surface area contributed by atoms with Crippen LogP contribution in [-0.4, -0.2) is 24.5 Å². The molecule has 1 fully saturated rings. The molecule has 2 N–H and O–H groups in total. The van der Waals surface area contributed by atoms with E-state index in [1.807, 2.05) is 25.1 Å². The van der Waals surface area contributed by atoms with E-state index in [2.05, 4.69) is 17.0 Å². The highest BCUT2D eigenvalue weighted by Gasteiger charge is 2.35. The third-order valence-corrected chi connectivity index (χ3v) is 4.96. The van der Waals surface area contributed by atoms with Gasteiger partial charge in [-0.15, -0.1) is 0 Å². The van der Waals surface area contributed by atoms with Crippen molar-refractivity contribution in [2.24, 2.45) is 11.7 Å². The summed E-state index contributed by atoms with van der Waals surface area (Å²) in [5.74, 6) is -0.0921. The van der Waals surface area contributed by atoms with Crippen molar-refractivity contribution in [2.45, 2.75) is 18.9 Å². The largest absolute Gasteiger partial charge is 0.330 e. The Labute approximate surface area is 135 Å². The lowest BCUT2D eigenvalue weighted by Gasteiger charge is -2.25. The zero-order valence-corrected chi connectivity index (χ0v) is 13.3. The monoisotopic (exact) mass is 316 g/mol. The zero-order chi connectivity index (χ0) is 16.4. The van der Waals surface area contributed by atoms with Crippen molar-refractivity contribution in [1.82, 2.24) is 4.90 Å². The van der Waals surface area contributed by atoms with E-state index in [1.165, 1.54) is 17.7 Å². The van der Waals surface area contributed by atoms with Gasteiger partial charge in [-0.3, -0.25) is 4.90 Å². The van der Waals surface area contributed by atoms with E-state index >= 15 is 0 Å². The predicted molar refractivity (Wildman–Crippen MR) is 88.1 cm³/mol. The third kappa shape index (κ3) is 3.28. The summed E-state index contributed by atoms with van der Waals surface area (Å²) < 4.78 is 27.5.